The molecule has 6 nitrogen and oxygen atoms in total. The van der Waals surface area contributed by atoms with Gasteiger partial charge in [-0.15, -0.1) is 11.3 Å². The lowest BCUT2D eigenvalue weighted by atomic mass is 9.96. The first-order valence-electron chi connectivity index (χ1n) is 9.41. The van der Waals surface area contributed by atoms with Gasteiger partial charge in [0.05, 0.1) is 35.8 Å². The van der Waals surface area contributed by atoms with E-state index in [0.717, 1.165) is 23.5 Å². The molecule has 2 aromatic heterocycles. The number of nitrogens with zero attached hydrogens (tertiary/aromatic N) is 2. The maximum absolute atomic E-state index is 14.0. The van der Waals surface area contributed by atoms with E-state index < -0.39 is 23.6 Å². The summed E-state index contributed by atoms with van der Waals surface area (Å²) in [4.78, 5) is 20.9. The van der Waals surface area contributed by atoms with Gasteiger partial charge in [0.2, 0.25) is 0 Å². The number of carbonyl (C=O) groups is 1. The Labute approximate surface area is 175 Å². The lowest BCUT2D eigenvalue weighted by Crippen LogP contribution is -2.30. The molecule has 30 heavy (non-hydrogen) atoms. The number of carbonyl (C=O) groups excluding carboxylic acids is 1. The fraction of sp³-hybridized carbons (Fsp3) is 0.286. The van der Waals surface area contributed by atoms with Gasteiger partial charge in [-0.2, -0.15) is 0 Å². The first kappa shape index (κ1) is 20.5. The van der Waals surface area contributed by atoms with Crippen molar-refractivity contribution in [2.24, 2.45) is 0 Å². The first-order chi connectivity index (χ1) is 14.4. The number of nitrogens with one attached hydrogen (secondary N) is 1. The van der Waals surface area contributed by atoms with E-state index in [4.69, 9.17) is 4.74 Å². The molecule has 3 atom stereocenters. The quantitative estimate of drug-likeness (QED) is 0.642. The molecule has 1 saturated heterocycles. The Morgan fingerprint density at radius 2 is 2.03 bits per heavy atom. The average Bonchev–Trinajstić information content (AvgIpc) is 3.17. The van der Waals surface area contributed by atoms with Crippen LogP contribution >= 0.6 is 11.3 Å². The summed E-state index contributed by atoms with van der Waals surface area (Å²) in [6.45, 7) is 1.88. The van der Waals surface area contributed by atoms with Crippen LogP contribution in [-0.2, 0) is 4.74 Å². The van der Waals surface area contributed by atoms with Gasteiger partial charge >= 0.3 is 0 Å². The molecule has 0 radical (unpaired) electrons. The summed E-state index contributed by atoms with van der Waals surface area (Å²) in [5.41, 5.74) is 0.896. The Morgan fingerprint density at radius 3 is 2.77 bits per heavy atom. The molecule has 2 N–H and O–H groups in total. The number of ether oxygens (including phenoxy) is 1. The third-order valence-electron chi connectivity index (χ3n) is 4.85. The van der Waals surface area contributed by atoms with Gasteiger partial charge in [0.25, 0.3) is 5.91 Å². The largest absolute Gasteiger partial charge is 0.393 e. The standard InChI is InChI=1S/C21H19F2N3O3S/c1-11-7-12(27)8-18(29-11)13-5-6-24-9-16(13)25-20(28)17-10-30-21(26-17)19-14(22)3-2-4-15(19)23/h2-6,9-12,18,27H,7-8H2,1H3,(H,25,28)/t11-,12-,18-/m0/s1. The maximum atomic E-state index is 14.0. The van der Waals surface area contributed by atoms with E-state index in [1.54, 1.807) is 12.3 Å². The van der Waals surface area contributed by atoms with Crippen molar-refractivity contribution in [2.45, 2.75) is 38.1 Å². The van der Waals surface area contributed by atoms with E-state index in [2.05, 4.69) is 15.3 Å². The minimum atomic E-state index is -0.743. The van der Waals surface area contributed by atoms with Crippen LogP contribution in [0.15, 0.2) is 42.0 Å². The lowest BCUT2D eigenvalue weighted by molar-refractivity contribution is -0.0892. The summed E-state index contributed by atoms with van der Waals surface area (Å²) in [6, 6.07) is 5.28. The first-order valence-corrected chi connectivity index (χ1v) is 10.3. The highest BCUT2D eigenvalue weighted by molar-refractivity contribution is 7.13. The molecule has 3 aromatic rings. The number of amides is 1. The number of anilines is 1. The van der Waals surface area contributed by atoms with Gasteiger partial charge in [-0.3, -0.25) is 9.78 Å². The van der Waals surface area contributed by atoms with Crippen molar-refractivity contribution in [2.75, 3.05) is 5.32 Å². The molecule has 0 saturated carbocycles. The van der Waals surface area contributed by atoms with Crippen LogP contribution in [-0.4, -0.2) is 33.2 Å². The molecule has 1 amide bonds. The molecule has 0 unspecified atom stereocenters. The van der Waals surface area contributed by atoms with Crippen molar-refractivity contribution in [3.63, 3.8) is 0 Å². The second-order valence-corrected chi connectivity index (χ2v) is 7.97. The van der Waals surface area contributed by atoms with Gasteiger partial charge in [0.15, 0.2) is 0 Å². The summed E-state index contributed by atoms with van der Waals surface area (Å²) in [5, 5.41) is 14.3. The highest BCUT2D eigenvalue weighted by atomic mass is 32.1. The number of rotatable bonds is 4. The van der Waals surface area contributed by atoms with Crippen molar-refractivity contribution in [1.29, 1.82) is 0 Å². The molecule has 156 valence electrons. The maximum Gasteiger partial charge on any atom is 0.275 e. The predicted octanol–water partition coefficient (Wildman–Crippen LogP) is 4.34. The molecule has 0 aliphatic carbocycles. The van der Waals surface area contributed by atoms with Gasteiger partial charge in [0, 0.05) is 23.6 Å². The molecule has 1 aromatic carbocycles. The molecule has 0 bridgehead atoms. The van der Waals surface area contributed by atoms with E-state index in [1.165, 1.54) is 17.6 Å². The topological polar surface area (TPSA) is 84.3 Å². The Bertz CT molecular complexity index is 1040. The number of thiazole rings is 1. The van der Waals surface area contributed by atoms with Gasteiger partial charge in [-0.1, -0.05) is 6.07 Å². The Balaban J connectivity index is 1.57. The summed E-state index contributed by atoms with van der Waals surface area (Å²) in [6.07, 6.45) is 3.04. The number of aliphatic hydroxyl groups excluding tert-OH is 1. The second kappa shape index (κ2) is 8.55. The van der Waals surface area contributed by atoms with Gasteiger partial charge in [0.1, 0.15) is 22.3 Å². The smallest absolute Gasteiger partial charge is 0.275 e. The normalized spacial score (nSPS) is 21.4. The molecule has 4 rings (SSSR count). The summed E-state index contributed by atoms with van der Waals surface area (Å²) >= 11 is 0.977. The van der Waals surface area contributed by atoms with Crippen LogP contribution in [0.5, 0.6) is 0 Å². The minimum Gasteiger partial charge on any atom is -0.393 e. The van der Waals surface area contributed by atoms with Crippen LogP contribution in [0.1, 0.15) is 41.9 Å². The van der Waals surface area contributed by atoms with E-state index >= 15 is 0 Å². The number of aliphatic hydroxyl groups is 1. The monoisotopic (exact) mass is 431 g/mol. The summed E-state index contributed by atoms with van der Waals surface area (Å²) in [7, 11) is 0. The number of hydrogen-bond donors (Lipinski definition) is 2. The predicted molar refractivity (Wildman–Crippen MR) is 108 cm³/mol. The van der Waals surface area contributed by atoms with E-state index in [-0.39, 0.29) is 28.5 Å². The minimum absolute atomic E-state index is 0.0328. The van der Waals surface area contributed by atoms with Crippen molar-refractivity contribution in [3.05, 3.63) is 64.9 Å². The SMILES string of the molecule is C[C@H]1C[C@H](O)C[C@@H](c2ccncc2NC(=O)c2csc(-c3c(F)cccc3F)n2)O1. The van der Waals surface area contributed by atoms with Crippen LogP contribution in [0.3, 0.4) is 0 Å². The van der Waals surface area contributed by atoms with Crippen LogP contribution in [0.2, 0.25) is 0 Å². The van der Waals surface area contributed by atoms with Crippen LogP contribution < -0.4 is 5.32 Å². The third-order valence-corrected chi connectivity index (χ3v) is 5.71. The zero-order valence-electron chi connectivity index (χ0n) is 16.0. The van der Waals surface area contributed by atoms with E-state index in [0.29, 0.717) is 24.1 Å². The van der Waals surface area contributed by atoms with Crippen LogP contribution in [0.25, 0.3) is 10.6 Å². The number of hydrogen-bond acceptors (Lipinski definition) is 6. The fourth-order valence-electron chi connectivity index (χ4n) is 3.49. The van der Waals surface area contributed by atoms with Crippen LogP contribution in [0.4, 0.5) is 14.5 Å². The second-order valence-electron chi connectivity index (χ2n) is 7.11. The molecule has 1 fully saturated rings. The van der Waals surface area contributed by atoms with Crippen molar-refractivity contribution >= 4 is 22.9 Å². The molecular weight excluding hydrogens is 412 g/mol. The zero-order chi connectivity index (χ0) is 21.3. The number of aromatic nitrogens is 2. The highest BCUT2D eigenvalue weighted by Gasteiger charge is 2.29. The van der Waals surface area contributed by atoms with Gasteiger partial charge in [-0.05, 0) is 31.5 Å². The van der Waals surface area contributed by atoms with E-state index in [1.807, 2.05) is 6.92 Å². The average molecular weight is 431 g/mol. The Kier molecular flexibility index (Phi) is 5.85. The number of halogens is 2. The molecule has 1 aliphatic heterocycles. The van der Waals surface area contributed by atoms with Crippen molar-refractivity contribution in [1.82, 2.24) is 9.97 Å². The van der Waals surface area contributed by atoms with Crippen molar-refractivity contribution < 1.29 is 23.4 Å². The molecule has 9 heteroatoms. The summed E-state index contributed by atoms with van der Waals surface area (Å²) < 4.78 is 33.9. The Hall–Kier alpha value is -2.75. The van der Waals surface area contributed by atoms with Crippen LogP contribution in [0, 0.1) is 11.6 Å². The Morgan fingerprint density at radius 1 is 1.27 bits per heavy atom. The summed E-state index contributed by atoms with van der Waals surface area (Å²) in [5.74, 6) is -2.02. The van der Waals surface area contributed by atoms with Crippen molar-refractivity contribution in [3.8, 4) is 10.6 Å². The zero-order valence-corrected chi connectivity index (χ0v) is 16.8. The molecule has 3 heterocycles. The number of benzene rings is 1. The van der Waals surface area contributed by atoms with Gasteiger partial charge in [-0.25, -0.2) is 13.8 Å². The molecule has 1 aliphatic rings. The van der Waals surface area contributed by atoms with E-state index in [9.17, 15) is 18.7 Å². The highest BCUT2D eigenvalue weighted by Crippen LogP contribution is 2.35. The molecular formula is C21H19F2N3O3S. The number of pyridine rings is 1. The van der Waals surface area contributed by atoms with Gasteiger partial charge < -0.3 is 15.2 Å². The molecule has 0 spiro atoms. The fourth-order valence-corrected chi connectivity index (χ4v) is 4.34. The lowest BCUT2D eigenvalue weighted by Gasteiger charge is -2.32. The third kappa shape index (κ3) is 4.23.